The maximum atomic E-state index is 13.8. The van der Waals surface area contributed by atoms with Gasteiger partial charge in [0.15, 0.2) is 0 Å². The highest BCUT2D eigenvalue weighted by Gasteiger charge is 2.44. The van der Waals surface area contributed by atoms with Crippen LogP contribution < -0.4 is 27.0 Å². The molecule has 0 spiro atoms. The largest absolute Gasteiger partial charge is 0.481 e. The van der Waals surface area contributed by atoms with E-state index in [4.69, 9.17) is 10.8 Å². The van der Waals surface area contributed by atoms with Crippen LogP contribution in [0.3, 0.4) is 0 Å². The molecular weight excluding hydrogens is 662 g/mol. The summed E-state index contributed by atoms with van der Waals surface area (Å²) in [4.78, 5) is 104. The highest BCUT2D eigenvalue weighted by Crippen LogP contribution is 2.26. The number of likely N-dealkylation sites (tertiary alicyclic amines) is 2. The standard InChI is InChI=1S/C31H51N7O12/c1-5-15(2)23(30(48)37-12-6-8-20(37)29(47)38-13-7-9-21(38)31(49)50)35-27(45)19(14-39)34-25(43)16(3)33-28(46)24(17(4)40)36-26(44)18(32)10-11-22(41)42/h15-21,23-24,39-40H,5-14,32H2,1-4H3,(H,33,46)(H,34,43)(H,35,45)(H,36,44)(H,41,42)(H,49,50)/t15-,16-,17+,18-,19-,20-,21-,23-,24-/m0/s1. The second-order valence-corrected chi connectivity index (χ2v) is 12.8. The van der Waals surface area contributed by atoms with Crippen LogP contribution in [0.15, 0.2) is 0 Å². The second-order valence-electron chi connectivity index (χ2n) is 12.8. The number of hydrogen-bond acceptors (Lipinski definition) is 11. The highest BCUT2D eigenvalue weighted by molar-refractivity contribution is 5.97. The van der Waals surface area contributed by atoms with E-state index in [1.165, 1.54) is 23.6 Å². The van der Waals surface area contributed by atoms with Crippen LogP contribution in [0.2, 0.25) is 0 Å². The Balaban J connectivity index is 2.09. The van der Waals surface area contributed by atoms with Gasteiger partial charge in [0.1, 0.15) is 36.3 Å². The van der Waals surface area contributed by atoms with Gasteiger partial charge in [-0.15, -0.1) is 0 Å². The molecule has 2 saturated heterocycles. The van der Waals surface area contributed by atoms with Gasteiger partial charge >= 0.3 is 11.9 Å². The molecule has 0 bridgehead atoms. The van der Waals surface area contributed by atoms with Crippen LogP contribution >= 0.6 is 0 Å². The Kier molecular flexibility index (Phi) is 16.0. The topological polar surface area (TPSA) is 298 Å². The quantitative estimate of drug-likeness (QED) is 0.0671. The normalized spacial score (nSPS) is 21.5. The molecule has 2 rings (SSSR count). The zero-order valence-corrected chi connectivity index (χ0v) is 28.8. The molecule has 2 heterocycles. The third kappa shape index (κ3) is 11.1. The number of hydrogen-bond donors (Lipinski definition) is 9. The summed E-state index contributed by atoms with van der Waals surface area (Å²) in [5.41, 5.74) is 5.66. The Bertz CT molecular complexity index is 1280. The number of carbonyl (C=O) groups excluding carboxylic acids is 6. The van der Waals surface area contributed by atoms with E-state index in [0.29, 0.717) is 32.1 Å². The zero-order valence-electron chi connectivity index (χ0n) is 28.8. The summed E-state index contributed by atoms with van der Waals surface area (Å²) in [6.45, 7) is 5.50. The number of aliphatic carboxylic acids is 2. The fourth-order valence-electron chi connectivity index (χ4n) is 5.82. The summed E-state index contributed by atoms with van der Waals surface area (Å²) in [5.74, 6) is -7.53. The molecule has 2 fully saturated rings. The third-order valence-corrected chi connectivity index (χ3v) is 9.05. The first-order chi connectivity index (χ1) is 23.4. The van der Waals surface area contributed by atoms with Crippen molar-refractivity contribution in [3.05, 3.63) is 0 Å². The van der Waals surface area contributed by atoms with E-state index in [-0.39, 0.29) is 19.5 Å². The lowest BCUT2D eigenvalue weighted by molar-refractivity contribution is -0.152. The summed E-state index contributed by atoms with van der Waals surface area (Å²) in [6.07, 6.45) is -0.0107. The van der Waals surface area contributed by atoms with Crippen molar-refractivity contribution in [1.82, 2.24) is 31.1 Å². The van der Waals surface area contributed by atoms with Crippen LogP contribution in [-0.2, 0) is 38.4 Å². The number of amides is 6. The smallest absolute Gasteiger partial charge is 0.326 e. The van der Waals surface area contributed by atoms with Gasteiger partial charge in [-0.25, -0.2) is 4.79 Å². The van der Waals surface area contributed by atoms with E-state index in [1.807, 2.05) is 0 Å². The summed E-state index contributed by atoms with van der Waals surface area (Å²) in [6, 6.07) is -8.83. The fourth-order valence-corrected chi connectivity index (χ4v) is 5.82. The van der Waals surface area contributed by atoms with E-state index >= 15 is 0 Å². The lowest BCUT2D eigenvalue weighted by Crippen LogP contribution is -2.61. The molecule has 9 atom stereocenters. The number of carbonyl (C=O) groups is 8. The molecule has 19 nitrogen and oxygen atoms in total. The Hall–Kier alpha value is -4.36. The van der Waals surface area contributed by atoms with E-state index in [2.05, 4.69) is 21.3 Å². The number of carboxylic acid groups (broad SMARTS) is 2. The third-order valence-electron chi connectivity index (χ3n) is 9.05. The molecule has 0 aromatic heterocycles. The second kappa shape index (κ2) is 19.1. The monoisotopic (exact) mass is 713 g/mol. The van der Waals surface area contributed by atoms with Crippen molar-refractivity contribution < 1.29 is 58.8 Å². The van der Waals surface area contributed by atoms with Gasteiger partial charge in [0.2, 0.25) is 35.4 Å². The van der Waals surface area contributed by atoms with Gasteiger partial charge in [0.05, 0.1) is 18.8 Å². The van der Waals surface area contributed by atoms with Gasteiger partial charge in [-0.2, -0.15) is 0 Å². The molecule has 2 aliphatic rings. The van der Waals surface area contributed by atoms with Crippen molar-refractivity contribution in [1.29, 1.82) is 0 Å². The summed E-state index contributed by atoms with van der Waals surface area (Å²) in [5, 5.41) is 47.8. The van der Waals surface area contributed by atoms with Gasteiger partial charge in [0, 0.05) is 19.5 Å². The van der Waals surface area contributed by atoms with Gasteiger partial charge in [-0.1, -0.05) is 20.3 Å². The Morgan fingerprint density at radius 3 is 1.90 bits per heavy atom. The molecule has 0 radical (unpaired) electrons. The summed E-state index contributed by atoms with van der Waals surface area (Å²) in [7, 11) is 0. The van der Waals surface area contributed by atoms with Crippen LogP contribution in [0.25, 0.3) is 0 Å². The minimum absolute atomic E-state index is 0.211. The molecule has 2 aliphatic heterocycles. The van der Waals surface area contributed by atoms with Gasteiger partial charge < -0.3 is 57.2 Å². The SMILES string of the molecule is CC[C@H](C)[C@H](NC(=O)[C@H](CO)NC(=O)[C@H](C)NC(=O)[C@@H](NC(=O)[C@@H](N)CCC(=O)O)[C@@H](C)O)C(=O)N1CCC[C@H]1C(=O)N1CCC[C@H]1C(=O)O. The van der Waals surface area contributed by atoms with Crippen LogP contribution in [0, 0.1) is 5.92 Å². The molecule has 0 aromatic rings. The van der Waals surface area contributed by atoms with Crippen LogP contribution in [0.4, 0.5) is 0 Å². The van der Waals surface area contributed by atoms with Gasteiger partial charge in [-0.05, 0) is 51.9 Å². The maximum Gasteiger partial charge on any atom is 0.326 e. The van der Waals surface area contributed by atoms with E-state index in [9.17, 15) is 53.7 Å². The maximum absolute atomic E-state index is 13.8. The minimum Gasteiger partial charge on any atom is -0.481 e. The molecule has 6 amide bonds. The fraction of sp³-hybridized carbons (Fsp3) is 0.742. The minimum atomic E-state index is -1.57. The number of carboxylic acids is 2. The summed E-state index contributed by atoms with van der Waals surface area (Å²) < 4.78 is 0. The molecule has 50 heavy (non-hydrogen) atoms. The molecule has 19 heteroatoms. The van der Waals surface area contributed by atoms with Gasteiger partial charge in [0.25, 0.3) is 0 Å². The Morgan fingerprint density at radius 2 is 1.36 bits per heavy atom. The first-order valence-corrected chi connectivity index (χ1v) is 16.8. The van der Waals surface area contributed by atoms with Gasteiger partial charge in [-0.3, -0.25) is 33.6 Å². The molecule has 0 aliphatic carbocycles. The number of nitrogens with one attached hydrogen (secondary N) is 4. The molecule has 0 aromatic carbocycles. The molecule has 282 valence electrons. The predicted molar refractivity (Wildman–Crippen MR) is 174 cm³/mol. The van der Waals surface area contributed by atoms with Crippen LogP contribution in [0.1, 0.15) is 72.6 Å². The first-order valence-electron chi connectivity index (χ1n) is 16.8. The van der Waals surface area contributed by atoms with E-state index in [0.717, 1.165) is 0 Å². The number of aliphatic hydroxyl groups is 2. The number of nitrogens with two attached hydrogens (primary N) is 1. The lowest BCUT2D eigenvalue weighted by atomic mass is 9.96. The predicted octanol–water partition coefficient (Wildman–Crippen LogP) is -3.38. The summed E-state index contributed by atoms with van der Waals surface area (Å²) >= 11 is 0. The molecule has 10 N–H and O–H groups in total. The molecule has 0 unspecified atom stereocenters. The number of aliphatic hydroxyl groups excluding tert-OH is 2. The Labute approximate surface area is 289 Å². The first kappa shape index (κ1) is 41.8. The lowest BCUT2D eigenvalue weighted by Gasteiger charge is -2.34. The van der Waals surface area contributed by atoms with Crippen molar-refractivity contribution in [2.45, 2.75) is 121 Å². The van der Waals surface area contributed by atoms with E-state index in [1.54, 1.807) is 13.8 Å². The average Bonchev–Trinajstić information content (AvgIpc) is 3.76. The Morgan fingerprint density at radius 1 is 0.780 bits per heavy atom. The number of rotatable bonds is 18. The number of nitrogens with zero attached hydrogens (tertiary/aromatic N) is 2. The highest BCUT2D eigenvalue weighted by atomic mass is 16.4. The van der Waals surface area contributed by atoms with Crippen molar-refractivity contribution in [2.24, 2.45) is 11.7 Å². The van der Waals surface area contributed by atoms with Crippen molar-refractivity contribution >= 4 is 47.4 Å². The van der Waals surface area contributed by atoms with Crippen LogP contribution in [-0.4, -0.2) is 146 Å². The molecular formula is C31H51N7O12. The van der Waals surface area contributed by atoms with Crippen molar-refractivity contribution in [3.63, 3.8) is 0 Å². The van der Waals surface area contributed by atoms with E-state index < -0.39 is 115 Å². The van der Waals surface area contributed by atoms with Crippen LogP contribution in [0.5, 0.6) is 0 Å². The average molecular weight is 714 g/mol. The molecule has 0 saturated carbocycles. The van der Waals surface area contributed by atoms with Crippen molar-refractivity contribution in [3.8, 4) is 0 Å². The van der Waals surface area contributed by atoms with Crippen molar-refractivity contribution in [2.75, 3.05) is 19.7 Å². The zero-order chi connectivity index (χ0) is 37.9.